The number of amides is 1. The van der Waals surface area contributed by atoms with Gasteiger partial charge in [-0.2, -0.15) is 0 Å². The number of ketones is 1. The van der Waals surface area contributed by atoms with Crippen LogP contribution in [0.25, 0.3) is 5.76 Å². The summed E-state index contributed by atoms with van der Waals surface area (Å²) in [5.41, 5.74) is 2.54. The molecule has 1 aromatic heterocycles. The number of hydrogen-bond donors (Lipinski definition) is 1. The fraction of sp³-hybridized carbons (Fsp3) is 0.222. The largest absolute Gasteiger partial charge is 0.507 e. The molecule has 1 saturated heterocycles. The average molecular weight is 521 g/mol. The second-order valence-corrected chi connectivity index (χ2v) is 9.53. The van der Waals surface area contributed by atoms with Crippen LogP contribution in [0.15, 0.2) is 77.0 Å². The fourth-order valence-electron chi connectivity index (χ4n) is 3.93. The highest BCUT2D eigenvalue weighted by Gasteiger charge is 2.47. The lowest BCUT2D eigenvalue weighted by Crippen LogP contribution is -2.29. The van der Waals surface area contributed by atoms with Gasteiger partial charge in [0.2, 0.25) is 0 Å². The smallest absolute Gasteiger partial charge is 0.300 e. The van der Waals surface area contributed by atoms with E-state index in [1.165, 1.54) is 4.90 Å². The molecule has 2 heterocycles. The minimum atomic E-state index is -0.790. The highest BCUT2D eigenvalue weighted by molar-refractivity contribution is 9.10. The lowest BCUT2D eigenvalue weighted by atomic mass is 9.95. The molecule has 1 fully saturated rings. The summed E-state index contributed by atoms with van der Waals surface area (Å²) in [4.78, 5) is 31.9. The first-order valence-corrected chi connectivity index (χ1v) is 11.8. The van der Waals surface area contributed by atoms with Crippen LogP contribution in [-0.4, -0.2) is 28.4 Å². The van der Waals surface area contributed by atoms with Crippen molar-refractivity contribution in [2.24, 2.45) is 5.92 Å². The van der Waals surface area contributed by atoms with E-state index in [0.29, 0.717) is 35.1 Å². The maximum atomic E-state index is 13.2. The van der Waals surface area contributed by atoms with Crippen LogP contribution in [0.5, 0.6) is 5.75 Å². The summed E-state index contributed by atoms with van der Waals surface area (Å²) >= 11 is 3.40. The molecule has 2 aromatic carbocycles. The lowest BCUT2D eigenvalue weighted by molar-refractivity contribution is -0.132. The number of anilines is 1. The molecule has 0 spiro atoms. The zero-order valence-electron chi connectivity index (χ0n) is 19.2. The molecule has 1 N–H and O–H groups in total. The third-order valence-electron chi connectivity index (χ3n) is 5.59. The summed E-state index contributed by atoms with van der Waals surface area (Å²) in [5.74, 6) is -0.564. The third kappa shape index (κ3) is 4.61. The number of aliphatic hydroxyl groups excluding tert-OH is 1. The monoisotopic (exact) mass is 520 g/mol. The zero-order chi connectivity index (χ0) is 24.4. The van der Waals surface area contributed by atoms with Crippen LogP contribution in [0, 0.1) is 12.8 Å². The molecule has 0 aliphatic carbocycles. The van der Waals surface area contributed by atoms with Gasteiger partial charge < -0.3 is 9.84 Å². The average Bonchev–Trinajstić information content (AvgIpc) is 3.09. The van der Waals surface area contributed by atoms with Gasteiger partial charge in [-0.1, -0.05) is 29.8 Å². The van der Waals surface area contributed by atoms with Gasteiger partial charge in [0.15, 0.2) is 0 Å². The van der Waals surface area contributed by atoms with Crippen LogP contribution < -0.4 is 9.64 Å². The van der Waals surface area contributed by atoms with Crippen molar-refractivity contribution in [3.63, 3.8) is 0 Å². The first kappa shape index (κ1) is 23.7. The molecule has 4 rings (SSSR count). The number of aliphatic hydroxyl groups is 1. The van der Waals surface area contributed by atoms with E-state index >= 15 is 0 Å². The number of aromatic nitrogens is 1. The van der Waals surface area contributed by atoms with E-state index < -0.39 is 17.7 Å². The molecular formula is C27H25BrN2O4. The number of carbonyl (C=O) groups excluding carboxylic acids is 2. The van der Waals surface area contributed by atoms with Gasteiger partial charge in [0.05, 0.1) is 18.2 Å². The van der Waals surface area contributed by atoms with E-state index in [0.717, 1.165) is 10.0 Å². The molecule has 34 heavy (non-hydrogen) atoms. The van der Waals surface area contributed by atoms with Crippen LogP contribution >= 0.6 is 15.9 Å². The number of ether oxygens (including phenoxy) is 1. The van der Waals surface area contributed by atoms with Crippen LogP contribution in [0.3, 0.4) is 0 Å². The maximum absolute atomic E-state index is 13.2. The Bertz CT molecular complexity index is 1250. The van der Waals surface area contributed by atoms with E-state index in [-0.39, 0.29) is 11.3 Å². The Morgan fingerprint density at radius 2 is 1.76 bits per heavy atom. The van der Waals surface area contributed by atoms with Gasteiger partial charge in [-0.3, -0.25) is 19.5 Å². The summed E-state index contributed by atoms with van der Waals surface area (Å²) in [5, 5.41) is 11.3. The number of rotatable bonds is 6. The predicted octanol–water partition coefficient (Wildman–Crippen LogP) is 5.81. The molecule has 1 unspecified atom stereocenters. The van der Waals surface area contributed by atoms with Crippen LogP contribution in [0.2, 0.25) is 0 Å². The number of hydrogen-bond acceptors (Lipinski definition) is 5. The quantitative estimate of drug-likeness (QED) is 0.252. The molecule has 7 heteroatoms. The van der Waals surface area contributed by atoms with Crippen LogP contribution in [0.1, 0.15) is 36.6 Å². The molecule has 1 amide bonds. The molecule has 0 bridgehead atoms. The number of benzene rings is 2. The molecule has 1 aliphatic rings. The number of carbonyl (C=O) groups is 2. The maximum Gasteiger partial charge on any atom is 0.300 e. The van der Waals surface area contributed by atoms with E-state index in [2.05, 4.69) is 34.8 Å². The van der Waals surface area contributed by atoms with Gasteiger partial charge in [-0.15, -0.1) is 0 Å². The Morgan fingerprint density at radius 3 is 2.38 bits per heavy atom. The van der Waals surface area contributed by atoms with Crippen molar-refractivity contribution < 1.29 is 19.4 Å². The van der Waals surface area contributed by atoms with E-state index in [1.807, 2.05) is 6.92 Å². The van der Waals surface area contributed by atoms with E-state index in [1.54, 1.807) is 67.0 Å². The molecule has 174 valence electrons. The molecule has 6 nitrogen and oxygen atoms in total. The second kappa shape index (κ2) is 9.81. The standard InChI is InChI=1S/C27H25BrN2O4/c1-16(2)15-34-22-9-4-19(14-17(22)3)25(31)23-24(18-10-12-29-13-11-18)30(27(33)26(23)32)21-7-5-20(28)6-8-21/h4-14,16,24,31H,15H2,1-3H3/b25-23-. The molecule has 0 saturated carbocycles. The minimum absolute atomic E-state index is 0.0365. The Balaban J connectivity index is 1.83. The predicted molar refractivity (Wildman–Crippen MR) is 135 cm³/mol. The molecule has 3 aromatic rings. The molecule has 0 radical (unpaired) electrons. The van der Waals surface area contributed by atoms with Gasteiger partial charge in [0, 0.05) is 28.1 Å². The number of Topliss-reactive ketones (excluding diaryl/α,β-unsaturated/α-hetero) is 1. The highest BCUT2D eigenvalue weighted by atomic mass is 79.9. The van der Waals surface area contributed by atoms with E-state index in [9.17, 15) is 14.7 Å². The number of aryl methyl sites for hydroxylation is 1. The van der Waals surface area contributed by atoms with Gasteiger partial charge in [0.1, 0.15) is 11.5 Å². The fourth-order valence-corrected chi connectivity index (χ4v) is 4.20. The van der Waals surface area contributed by atoms with Crippen molar-refractivity contribution in [1.82, 2.24) is 4.98 Å². The summed E-state index contributed by atoms with van der Waals surface area (Å²) < 4.78 is 6.68. The first-order chi connectivity index (χ1) is 16.3. The van der Waals surface area contributed by atoms with Crippen molar-refractivity contribution >= 4 is 39.1 Å². The second-order valence-electron chi connectivity index (χ2n) is 8.61. The number of nitrogens with zero attached hydrogens (tertiary/aromatic N) is 2. The van der Waals surface area contributed by atoms with Crippen molar-refractivity contribution in [2.45, 2.75) is 26.8 Å². The first-order valence-electron chi connectivity index (χ1n) is 11.0. The molecular weight excluding hydrogens is 496 g/mol. The summed E-state index contributed by atoms with van der Waals surface area (Å²) in [7, 11) is 0. The minimum Gasteiger partial charge on any atom is -0.507 e. The molecule has 1 atom stereocenters. The van der Waals surface area contributed by atoms with Gasteiger partial charge in [0.25, 0.3) is 11.7 Å². The Kier molecular flexibility index (Phi) is 6.84. The number of halogens is 1. The Hall–Kier alpha value is -3.45. The Labute approximate surface area is 207 Å². The SMILES string of the molecule is Cc1cc(/C(O)=C2/C(=O)C(=O)N(c3ccc(Br)cc3)C2c2ccncc2)ccc1OCC(C)C. The summed E-state index contributed by atoms with van der Waals surface area (Å²) in [6.07, 6.45) is 3.20. The summed E-state index contributed by atoms with van der Waals surface area (Å²) in [6.45, 7) is 6.60. The normalized spacial score (nSPS) is 17.4. The van der Waals surface area contributed by atoms with Crippen LogP contribution in [0.4, 0.5) is 5.69 Å². The zero-order valence-corrected chi connectivity index (χ0v) is 20.7. The van der Waals surface area contributed by atoms with Crippen molar-refractivity contribution in [1.29, 1.82) is 0 Å². The van der Waals surface area contributed by atoms with Crippen molar-refractivity contribution in [3.05, 3.63) is 93.7 Å². The molecule has 1 aliphatic heterocycles. The van der Waals surface area contributed by atoms with Gasteiger partial charge in [-0.05, 0) is 78.6 Å². The van der Waals surface area contributed by atoms with Crippen molar-refractivity contribution in [3.8, 4) is 5.75 Å². The number of pyridine rings is 1. The Morgan fingerprint density at radius 1 is 1.09 bits per heavy atom. The van der Waals surface area contributed by atoms with Gasteiger partial charge in [-0.25, -0.2) is 0 Å². The summed E-state index contributed by atoms with van der Waals surface area (Å²) in [6, 6.07) is 15.1. The highest BCUT2D eigenvalue weighted by Crippen LogP contribution is 2.42. The van der Waals surface area contributed by atoms with Crippen molar-refractivity contribution in [2.75, 3.05) is 11.5 Å². The lowest BCUT2D eigenvalue weighted by Gasteiger charge is -2.25. The van der Waals surface area contributed by atoms with Gasteiger partial charge >= 0.3 is 0 Å². The van der Waals surface area contributed by atoms with E-state index in [4.69, 9.17) is 4.74 Å². The topological polar surface area (TPSA) is 79.7 Å². The third-order valence-corrected chi connectivity index (χ3v) is 6.12. The van der Waals surface area contributed by atoms with Crippen LogP contribution in [-0.2, 0) is 9.59 Å².